The summed E-state index contributed by atoms with van der Waals surface area (Å²) in [5.41, 5.74) is 1.25. The monoisotopic (exact) mass is 261 g/mol. The van der Waals surface area contributed by atoms with Gasteiger partial charge in [0, 0.05) is 6.54 Å². The maximum absolute atomic E-state index is 12.2. The van der Waals surface area contributed by atoms with Gasteiger partial charge in [0.05, 0.1) is 10.6 Å². The van der Waals surface area contributed by atoms with E-state index in [9.17, 15) is 4.79 Å². The third kappa shape index (κ3) is 2.16. The Morgan fingerprint density at radius 1 is 1.11 bits per heavy atom. The van der Waals surface area contributed by atoms with E-state index in [1.165, 1.54) is 37.7 Å². The molecule has 96 valence electrons. The SMILES string of the molecule is O=C1CSC2(CCCCC2)N1Cc1ccccc1. The molecular weight excluding hydrogens is 242 g/mol. The second-order valence-electron chi connectivity index (χ2n) is 5.26. The first-order valence-electron chi connectivity index (χ1n) is 6.79. The lowest BCUT2D eigenvalue weighted by atomic mass is 9.93. The molecule has 2 nitrogen and oxygen atoms in total. The summed E-state index contributed by atoms with van der Waals surface area (Å²) < 4.78 is 0. The predicted molar refractivity (Wildman–Crippen MR) is 75.3 cm³/mol. The molecule has 3 heteroatoms. The average molecular weight is 261 g/mol. The molecule has 3 rings (SSSR count). The van der Waals surface area contributed by atoms with Crippen LogP contribution in [-0.4, -0.2) is 21.4 Å². The Bertz CT molecular complexity index is 425. The highest BCUT2D eigenvalue weighted by Crippen LogP contribution is 2.47. The van der Waals surface area contributed by atoms with Gasteiger partial charge in [-0.15, -0.1) is 11.8 Å². The smallest absolute Gasteiger partial charge is 0.234 e. The zero-order valence-electron chi connectivity index (χ0n) is 10.6. The third-order valence-corrected chi connectivity index (χ3v) is 5.63. The van der Waals surface area contributed by atoms with Gasteiger partial charge >= 0.3 is 0 Å². The molecule has 1 heterocycles. The number of thioether (sulfide) groups is 1. The molecule has 1 aromatic carbocycles. The Morgan fingerprint density at radius 2 is 1.83 bits per heavy atom. The number of benzene rings is 1. The largest absolute Gasteiger partial charge is 0.323 e. The topological polar surface area (TPSA) is 20.3 Å². The van der Waals surface area contributed by atoms with Gasteiger partial charge in [-0.2, -0.15) is 0 Å². The lowest BCUT2D eigenvalue weighted by Gasteiger charge is -2.40. The van der Waals surface area contributed by atoms with E-state index in [1.807, 2.05) is 17.8 Å². The molecule has 0 bridgehead atoms. The first-order valence-corrected chi connectivity index (χ1v) is 7.77. The van der Waals surface area contributed by atoms with Crippen molar-refractivity contribution in [3.05, 3.63) is 35.9 Å². The van der Waals surface area contributed by atoms with Crippen molar-refractivity contribution in [2.75, 3.05) is 5.75 Å². The fraction of sp³-hybridized carbons (Fsp3) is 0.533. The molecule has 1 aromatic rings. The summed E-state index contributed by atoms with van der Waals surface area (Å²) in [6.45, 7) is 0.784. The number of rotatable bonds is 2. The summed E-state index contributed by atoms with van der Waals surface area (Å²) in [6, 6.07) is 10.4. The van der Waals surface area contributed by atoms with Crippen LogP contribution in [0.25, 0.3) is 0 Å². The van der Waals surface area contributed by atoms with Gasteiger partial charge in [0.25, 0.3) is 0 Å². The van der Waals surface area contributed by atoms with Crippen molar-refractivity contribution in [2.45, 2.75) is 43.5 Å². The van der Waals surface area contributed by atoms with E-state index in [-0.39, 0.29) is 4.87 Å². The fourth-order valence-corrected chi connectivity index (χ4v) is 4.54. The minimum absolute atomic E-state index is 0.116. The summed E-state index contributed by atoms with van der Waals surface area (Å²) in [5, 5.41) is 0. The van der Waals surface area contributed by atoms with E-state index in [0.29, 0.717) is 11.7 Å². The summed E-state index contributed by atoms with van der Waals surface area (Å²) in [7, 11) is 0. The Hall–Kier alpha value is -0.960. The van der Waals surface area contributed by atoms with Crippen LogP contribution >= 0.6 is 11.8 Å². The van der Waals surface area contributed by atoms with Crippen LogP contribution in [0.15, 0.2) is 30.3 Å². The molecule has 1 saturated carbocycles. The molecule has 0 unspecified atom stereocenters. The van der Waals surface area contributed by atoms with Gasteiger partial charge in [-0.25, -0.2) is 0 Å². The van der Waals surface area contributed by atoms with E-state index < -0.39 is 0 Å². The molecule has 1 amide bonds. The van der Waals surface area contributed by atoms with Crippen LogP contribution in [0.5, 0.6) is 0 Å². The molecule has 1 aliphatic carbocycles. The highest BCUT2D eigenvalue weighted by atomic mass is 32.2. The Morgan fingerprint density at radius 3 is 2.56 bits per heavy atom. The first kappa shape index (κ1) is 12.1. The van der Waals surface area contributed by atoms with Crippen LogP contribution in [0.2, 0.25) is 0 Å². The second kappa shape index (κ2) is 4.96. The first-order chi connectivity index (χ1) is 8.80. The predicted octanol–water partition coefficient (Wildman–Crippen LogP) is 3.42. The van der Waals surface area contributed by atoms with Gasteiger partial charge < -0.3 is 4.90 Å². The van der Waals surface area contributed by atoms with Gasteiger partial charge in [-0.05, 0) is 18.4 Å². The van der Waals surface area contributed by atoms with E-state index >= 15 is 0 Å². The van der Waals surface area contributed by atoms with Crippen LogP contribution in [0, 0.1) is 0 Å². The van der Waals surface area contributed by atoms with Crippen molar-refractivity contribution in [3.63, 3.8) is 0 Å². The van der Waals surface area contributed by atoms with Crippen LogP contribution in [0.3, 0.4) is 0 Å². The normalized spacial score (nSPS) is 22.7. The zero-order chi connectivity index (χ0) is 12.4. The van der Waals surface area contributed by atoms with E-state index in [0.717, 1.165) is 6.54 Å². The number of carbonyl (C=O) groups excluding carboxylic acids is 1. The van der Waals surface area contributed by atoms with Crippen molar-refractivity contribution in [1.82, 2.24) is 4.90 Å². The van der Waals surface area contributed by atoms with Crippen molar-refractivity contribution in [3.8, 4) is 0 Å². The van der Waals surface area contributed by atoms with Crippen LogP contribution in [0.1, 0.15) is 37.7 Å². The van der Waals surface area contributed by atoms with Gasteiger partial charge in [-0.1, -0.05) is 49.6 Å². The van der Waals surface area contributed by atoms with Crippen LogP contribution in [-0.2, 0) is 11.3 Å². The lowest BCUT2D eigenvalue weighted by molar-refractivity contribution is -0.131. The quantitative estimate of drug-likeness (QED) is 0.813. The molecule has 0 N–H and O–H groups in total. The van der Waals surface area contributed by atoms with Crippen molar-refractivity contribution < 1.29 is 4.79 Å². The zero-order valence-corrected chi connectivity index (χ0v) is 11.4. The lowest BCUT2D eigenvalue weighted by Crippen LogP contribution is -2.45. The van der Waals surface area contributed by atoms with Gasteiger partial charge in [0.15, 0.2) is 0 Å². The average Bonchev–Trinajstić information content (AvgIpc) is 2.71. The Labute approximate surface area is 113 Å². The number of amides is 1. The number of carbonyl (C=O) groups is 1. The van der Waals surface area contributed by atoms with Gasteiger partial charge in [0.2, 0.25) is 5.91 Å². The highest BCUT2D eigenvalue weighted by Gasteiger charge is 2.46. The summed E-state index contributed by atoms with van der Waals surface area (Å²) >= 11 is 1.88. The Balaban J connectivity index is 1.81. The second-order valence-corrected chi connectivity index (χ2v) is 6.60. The van der Waals surface area contributed by atoms with Crippen LogP contribution in [0.4, 0.5) is 0 Å². The van der Waals surface area contributed by atoms with Crippen LogP contribution < -0.4 is 0 Å². The van der Waals surface area contributed by atoms with Crippen molar-refractivity contribution in [1.29, 1.82) is 0 Å². The minimum Gasteiger partial charge on any atom is -0.323 e. The molecule has 2 aliphatic rings. The number of nitrogens with zero attached hydrogens (tertiary/aromatic N) is 1. The maximum atomic E-state index is 12.2. The third-order valence-electron chi connectivity index (χ3n) is 4.08. The molecular formula is C15H19NOS. The maximum Gasteiger partial charge on any atom is 0.234 e. The molecule has 18 heavy (non-hydrogen) atoms. The molecule has 0 atom stereocenters. The molecule has 1 spiro atoms. The molecule has 0 aromatic heterocycles. The van der Waals surface area contributed by atoms with Gasteiger partial charge in [0.1, 0.15) is 0 Å². The van der Waals surface area contributed by atoms with Crippen molar-refractivity contribution >= 4 is 17.7 Å². The molecule has 0 radical (unpaired) electrons. The number of hydrogen-bond donors (Lipinski definition) is 0. The molecule has 1 saturated heterocycles. The molecule has 2 fully saturated rings. The minimum atomic E-state index is 0.116. The van der Waals surface area contributed by atoms with Crippen molar-refractivity contribution in [2.24, 2.45) is 0 Å². The summed E-state index contributed by atoms with van der Waals surface area (Å²) in [5.74, 6) is 0.998. The number of hydrogen-bond acceptors (Lipinski definition) is 2. The Kier molecular flexibility index (Phi) is 3.33. The van der Waals surface area contributed by atoms with Gasteiger partial charge in [-0.3, -0.25) is 4.79 Å². The highest BCUT2D eigenvalue weighted by molar-refractivity contribution is 8.01. The summed E-state index contributed by atoms with van der Waals surface area (Å²) in [6.07, 6.45) is 6.22. The fourth-order valence-electron chi connectivity index (χ4n) is 3.10. The standard InChI is InChI=1S/C15H19NOS/c17-14-12-18-15(9-5-2-6-10-15)16(14)11-13-7-3-1-4-8-13/h1,3-4,7-8H,2,5-6,9-12H2. The van der Waals surface area contributed by atoms with E-state index in [4.69, 9.17) is 0 Å². The summed E-state index contributed by atoms with van der Waals surface area (Å²) in [4.78, 5) is 14.4. The molecule has 1 aliphatic heterocycles. The van der Waals surface area contributed by atoms with E-state index in [2.05, 4.69) is 29.2 Å². The van der Waals surface area contributed by atoms with E-state index in [1.54, 1.807) is 0 Å².